The van der Waals surface area contributed by atoms with E-state index in [0.29, 0.717) is 5.56 Å². The minimum atomic E-state index is -4.67. The molecule has 2 N–H and O–H groups in total. The average Bonchev–Trinajstić information content (AvgIpc) is 3.52. The fourth-order valence-corrected chi connectivity index (χ4v) is 6.57. The molecule has 1 aliphatic heterocycles. The first kappa shape index (κ1) is 30.0. The van der Waals surface area contributed by atoms with Crippen LogP contribution in [-0.4, -0.2) is 35.9 Å². The molecule has 0 bridgehead atoms. The summed E-state index contributed by atoms with van der Waals surface area (Å²) in [7, 11) is 0. The molecule has 0 radical (unpaired) electrons. The van der Waals surface area contributed by atoms with Crippen LogP contribution in [0.3, 0.4) is 0 Å². The SMILES string of the molecule is CCOC(=O)C1=C(N)N(c2cccc(C(F)(F)F)c2)C2=C(C(=O)[C@@H](C(=O)OCC)[C@H](c3cccs3)C2)[C@@H]1c1cccnc1. The van der Waals surface area contributed by atoms with Crippen molar-refractivity contribution in [1.82, 2.24) is 4.98 Å². The van der Waals surface area contributed by atoms with Crippen molar-refractivity contribution in [2.24, 2.45) is 11.7 Å². The number of rotatable bonds is 7. The van der Waals surface area contributed by atoms with Crippen LogP contribution in [0.1, 0.15) is 48.1 Å². The van der Waals surface area contributed by atoms with Gasteiger partial charge in [-0.1, -0.05) is 18.2 Å². The van der Waals surface area contributed by atoms with Gasteiger partial charge in [0.25, 0.3) is 0 Å². The number of benzene rings is 1. The number of alkyl halides is 3. The summed E-state index contributed by atoms with van der Waals surface area (Å²) in [6.45, 7) is 3.24. The van der Waals surface area contributed by atoms with Crippen LogP contribution < -0.4 is 10.6 Å². The fraction of sp³-hybridized carbons (Fsp3) is 0.290. The van der Waals surface area contributed by atoms with E-state index in [2.05, 4.69) is 4.98 Å². The number of thiophene rings is 1. The number of nitrogens with zero attached hydrogens (tertiary/aromatic N) is 2. The van der Waals surface area contributed by atoms with Gasteiger partial charge in [-0.15, -0.1) is 11.3 Å². The first-order valence-electron chi connectivity index (χ1n) is 13.6. The van der Waals surface area contributed by atoms with E-state index in [4.69, 9.17) is 15.2 Å². The molecule has 1 aliphatic carbocycles. The summed E-state index contributed by atoms with van der Waals surface area (Å²) in [5, 5.41) is 1.81. The highest BCUT2D eigenvalue weighted by atomic mass is 32.1. The van der Waals surface area contributed by atoms with Crippen LogP contribution in [0.25, 0.3) is 0 Å². The maximum atomic E-state index is 14.6. The van der Waals surface area contributed by atoms with Crippen molar-refractivity contribution in [3.8, 4) is 0 Å². The molecule has 3 heterocycles. The Balaban J connectivity index is 1.82. The second-order valence-corrected chi connectivity index (χ2v) is 10.9. The molecular weight excluding hydrogens is 583 g/mol. The number of hydrogen-bond donors (Lipinski definition) is 1. The lowest BCUT2D eigenvalue weighted by atomic mass is 9.68. The van der Waals surface area contributed by atoms with Crippen LogP contribution in [0.5, 0.6) is 0 Å². The van der Waals surface area contributed by atoms with Gasteiger partial charge in [0.15, 0.2) is 5.78 Å². The zero-order valence-electron chi connectivity index (χ0n) is 23.3. The van der Waals surface area contributed by atoms with E-state index >= 15 is 0 Å². The topological polar surface area (TPSA) is 112 Å². The van der Waals surface area contributed by atoms with Crippen LogP contribution in [0.4, 0.5) is 18.9 Å². The average molecular weight is 612 g/mol. The number of anilines is 1. The van der Waals surface area contributed by atoms with Gasteiger partial charge in [-0.25, -0.2) is 4.79 Å². The Morgan fingerprint density at radius 2 is 1.86 bits per heavy atom. The minimum absolute atomic E-state index is 0.00132. The smallest absolute Gasteiger partial charge is 0.416 e. The number of aromatic nitrogens is 1. The standard InChI is InChI=1S/C31H28F3N3O5S/c1-3-41-29(39)24-20(22-11-7-13-43-22)15-21-25(27(24)38)23(17-8-6-12-36-16-17)26(30(40)42-4-2)28(35)37(21)19-10-5-9-18(14-19)31(32,33)34/h5-14,16,20,23-24H,3-4,15,35H2,1-2H3/t20-,23-,24-/m0/s1. The van der Waals surface area contributed by atoms with Gasteiger partial charge in [-0.2, -0.15) is 13.2 Å². The second-order valence-electron chi connectivity index (χ2n) is 9.90. The Bertz CT molecular complexity index is 1600. The lowest BCUT2D eigenvalue weighted by Gasteiger charge is -2.43. The highest BCUT2D eigenvalue weighted by molar-refractivity contribution is 7.10. The molecule has 0 unspecified atom stereocenters. The van der Waals surface area contributed by atoms with E-state index < -0.39 is 47.2 Å². The first-order chi connectivity index (χ1) is 20.6. The first-order valence-corrected chi connectivity index (χ1v) is 14.5. The van der Waals surface area contributed by atoms with Crippen LogP contribution in [-0.2, 0) is 30.0 Å². The molecule has 224 valence electrons. The lowest BCUT2D eigenvalue weighted by molar-refractivity contribution is -0.152. The Morgan fingerprint density at radius 3 is 2.49 bits per heavy atom. The second kappa shape index (κ2) is 12.0. The van der Waals surface area contributed by atoms with E-state index in [0.717, 1.165) is 17.0 Å². The number of ketones is 1. The molecule has 3 aromatic rings. The van der Waals surface area contributed by atoms with Crippen LogP contribution in [0.15, 0.2) is 89.0 Å². The Hall–Kier alpha value is -4.45. The molecule has 0 amide bonds. The third kappa shape index (κ3) is 5.54. The Kier molecular flexibility index (Phi) is 8.41. The summed E-state index contributed by atoms with van der Waals surface area (Å²) in [4.78, 5) is 47.7. The lowest BCUT2D eigenvalue weighted by Crippen LogP contribution is -2.46. The zero-order chi connectivity index (χ0) is 30.9. The molecule has 0 spiro atoms. The number of hydrogen-bond acceptors (Lipinski definition) is 9. The van der Waals surface area contributed by atoms with Crippen molar-refractivity contribution in [2.45, 2.75) is 38.3 Å². The zero-order valence-corrected chi connectivity index (χ0v) is 24.1. The number of pyridine rings is 1. The van der Waals surface area contributed by atoms with Crippen molar-refractivity contribution < 1.29 is 37.0 Å². The molecule has 1 aromatic carbocycles. The molecule has 0 saturated heterocycles. The maximum Gasteiger partial charge on any atom is 0.416 e. The predicted molar refractivity (Wildman–Crippen MR) is 153 cm³/mol. The van der Waals surface area contributed by atoms with Crippen molar-refractivity contribution in [3.05, 3.63) is 105 Å². The molecule has 8 nitrogen and oxygen atoms in total. The predicted octanol–water partition coefficient (Wildman–Crippen LogP) is 5.69. The highest BCUT2D eigenvalue weighted by Gasteiger charge is 2.51. The number of Topliss-reactive ketones (excluding diaryl/α,β-unsaturated/α-hetero) is 1. The van der Waals surface area contributed by atoms with Crippen molar-refractivity contribution >= 4 is 34.7 Å². The number of allylic oxidation sites excluding steroid dienone is 2. The van der Waals surface area contributed by atoms with Gasteiger partial charge in [-0.3, -0.25) is 19.5 Å². The number of nitrogens with two attached hydrogens (primary N) is 1. The third-order valence-corrected chi connectivity index (χ3v) is 8.44. The normalized spacial score (nSPS) is 20.6. The molecule has 12 heteroatoms. The molecule has 0 fully saturated rings. The molecule has 3 atom stereocenters. The van der Waals surface area contributed by atoms with Crippen LogP contribution >= 0.6 is 11.3 Å². The van der Waals surface area contributed by atoms with E-state index in [-0.39, 0.29) is 48.0 Å². The number of carbonyl (C=O) groups excluding carboxylic acids is 3. The van der Waals surface area contributed by atoms with Crippen LogP contribution in [0.2, 0.25) is 0 Å². The summed E-state index contributed by atoms with van der Waals surface area (Å²) >= 11 is 1.35. The summed E-state index contributed by atoms with van der Waals surface area (Å²) in [5.74, 6) is -5.42. The summed E-state index contributed by atoms with van der Waals surface area (Å²) < 4.78 is 52.1. The largest absolute Gasteiger partial charge is 0.465 e. The Morgan fingerprint density at radius 1 is 1.09 bits per heavy atom. The molecule has 2 aliphatic rings. The number of halogens is 3. The van der Waals surface area contributed by atoms with Gasteiger partial charge in [0.1, 0.15) is 11.7 Å². The van der Waals surface area contributed by atoms with Gasteiger partial charge in [-0.05, 0) is 61.5 Å². The summed E-state index contributed by atoms with van der Waals surface area (Å²) in [6.07, 6.45) is -1.63. The third-order valence-electron chi connectivity index (χ3n) is 7.43. The van der Waals surface area contributed by atoms with Gasteiger partial charge < -0.3 is 15.2 Å². The number of esters is 2. The Labute approximate surface area is 249 Å². The van der Waals surface area contributed by atoms with Crippen molar-refractivity contribution in [1.29, 1.82) is 0 Å². The summed E-state index contributed by atoms with van der Waals surface area (Å²) in [5.41, 5.74) is 6.38. The molecule has 5 rings (SSSR count). The number of carbonyl (C=O) groups is 3. The summed E-state index contributed by atoms with van der Waals surface area (Å²) in [6, 6.07) is 11.3. The molecule has 2 aromatic heterocycles. The highest BCUT2D eigenvalue weighted by Crippen LogP contribution is 2.52. The molecule has 43 heavy (non-hydrogen) atoms. The quantitative estimate of drug-likeness (QED) is 0.268. The van der Waals surface area contributed by atoms with Gasteiger partial charge in [0.05, 0.1) is 30.3 Å². The van der Waals surface area contributed by atoms with E-state index in [1.165, 1.54) is 40.8 Å². The minimum Gasteiger partial charge on any atom is -0.465 e. The number of ether oxygens (including phenoxy) is 2. The monoisotopic (exact) mass is 611 g/mol. The van der Waals surface area contributed by atoms with E-state index in [1.807, 2.05) is 5.38 Å². The van der Waals surface area contributed by atoms with Gasteiger partial charge >= 0.3 is 18.1 Å². The maximum absolute atomic E-state index is 14.6. The van der Waals surface area contributed by atoms with E-state index in [9.17, 15) is 27.6 Å². The van der Waals surface area contributed by atoms with Gasteiger partial charge in [0.2, 0.25) is 0 Å². The molecular formula is C31H28F3N3O5S. The fourth-order valence-electron chi connectivity index (χ4n) is 5.71. The molecule has 0 saturated carbocycles. The van der Waals surface area contributed by atoms with Crippen LogP contribution in [0, 0.1) is 5.92 Å². The van der Waals surface area contributed by atoms with Gasteiger partial charge in [0, 0.05) is 40.1 Å². The van der Waals surface area contributed by atoms with Crippen molar-refractivity contribution in [2.75, 3.05) is 18.1 Å². The van der Waals surface area contributed by atoms with E-state index in [1.54, 1.807) is 38.1 Å². The van der Waals surface area contributed by atoms with Crippen molar-refractivity contribution in [3.63, 3.8) is 0 Å².